The zero-order valence-corrected chi connectivity index (χ0v) is 13.1. The fraction of sp³-hybridized carbons (Fsp3) is 0.769. The molecule has 20 heavy (non-hydrogen) atoms. The zero-order valence-electron chi connectivity index (χ0n) is 12.2. The van der Waals surface area contributed by atoms with Gasteiger partial charge in [0.2, 0.25) is 10.0 Å². The molecule has 0 aliphatic carbocycles. The molecule has 0 bridgehead atoms. The van der Waals surface area contributed by atoms with Crippen molar-refractivity contribution in [3.05, 3.63) is 18.0 Å². The van der Waals surface area contributed by atoms with Crippen LogP contribution in [0.5, 0.6) is 0 Å². The second kappa shape index (κ2) is 6.69. The minimum absolute atomic E-state index is 0.227. The van der Waals surface area contributed by atoms with E-state index in [2.05, 4.69) is 15.1 Å². The van der Waals surface area contributed by atoms with Crippen molar-refractivity contribution < 1.29 is 8.42 Å². The third kappa shape index (κ3) is 4.04. The minimum atomic E-state index is -3.07. The summed E-state index contributed by atoms with van der Waals surface area (Å²) in [4.78, 5) is 2.36. The highest BCUT2D eigenvalue weighted by Gasteiger charge is 2.22. The van der Waals surface area contributed by atoms with Crippen LogP contribution in [0, 0.1) is 0 Å². The maximum atomic E-state index is 11.7. The summed E-state index contributed by atoms with van der Waals surface area (Å²) in [6, 6.07) is 2.03. The number of rotatable bonds is 6. The van der Waals surface area contributed by atoms with Gasteiger partial charge in [0.25, 0.3) is 0 Å². The normalized spacial score (nSPS) is 21.4. The molecule has 0 saturated carbocycles. The van der Waals surface area contributed by atoms with Crippen molar-refractivity contribution in [2.75, 3.05) is 39.5 Å². The van der Waals surface area contributed by atoms with Crippen LogP contribution in [-0.4, -0.2) is 67.3 Å². The lowest BCUT2D eigenvalue weighted by molar-refractivity contribution is 0.206. The van der Waals surface area contributed by atoms with Crippen LogP contribution in [0.15, 0.2) is 12.3 Å². The largest absolute Gasteiger partial charge is 0.303 e. The summed E-state index contributed by atoms with van der Waals surface area (Å²) in [6.07, 6.45) is 4.81. The maximum Gasteiger partial charge on any atom is 0.213 e. The van der Waals surface area contributed by atoms with E-state index in [0.717, 1.165) is 26.1 Å². The number of nitrogens with one attached hydrogen (secondary N) is 1. The molecule has 1 aromatic rings. The number of H-pyrrole nitrogens is 1. The fourth-order valence-corrected chi connectivity index (χ4v) is 3.52. The molecule has 0 radical (unpaired) electrons. The van der Waals surface area contributed by atoms with E-state index in [9.17, 15) is 8.42 Å². The van der Waals surface area contributed by atoms with Crippen LogP contribution in [-0.2, 0) is 10.0 Å². The number of aromatic nitrogens is 2. The summed E-state index contributed by atoms with van der Waals surface area (Å²) in [6.45, 7) is 2.90. The molecule has 0 amide bonds. The Labute approximate surface area is 121 Å². The molecule has 114 valence electrons. The van der Waals surface area contributed by atoms with Crippen LogP contribution >= 0.6 is 0 Å². The smallest absolute Gasteiger partial charge is 0.213 e. The number of sulfonamides is 1. The van der Waals surface area contributed by atoms with Crippen molar-refractivity contribution in [2.24, 2.45) is 0 Å². The lowest BCUT2D eigenvalue weighted by Gasteiger charge is -2.32. The lowest BCUT2D eigenvalue weighted by atomic mass is 9.95. The Morgan fingerprint density at radius 1 is 1.50 bits per heavy atom. The molecule has 7 heteroatoms. The lowest BCUT2D eigenvalue weighted by Crippen LogP contribution is -2.36. The Morgan fingerprint density at radius 3 is 2.95 bits per heavy atom. The molecule has 6 nitrogen and oxygen atoms in total. The van der Waals surface area contributed by atoms with Crippen LogP contribution in [0.25, 0.3) is 0 Å². The molecule has 1 unspecified atom stereocenters. The first-order chi connectivity index (χ1) is 9.49. The van der Waals surface area contributed by atoms with Crippen molar-refractivity contribution in [1.82, 2.24) is 19.4 Å². The van der Waals surface area contributed by atoms with E-state index in [-0.39, 0.29) is 5.75 Å². The predicted molar refractivity (Wildman–Crippen MR) is 79.1 cm³/mol. The highest BCUT2D eigenvalue weighted by atomic mass is 32.2. The standard InChI is InChI=1S/C13H24N4O2S/c1-16(2)20(18,19)10-4-9-17-8-3-5-12(11-17)13-6-7-14-15-13/h6-7,12H,3-5,8-11H2,1-2H3,(H,14,15). The third-order valence-electron chi connectivity index (χ3n) is 3.90. The molecule has 0 spiro atoms. The number of hydrogen-bond donors (Lipinski definition) is 1. The molecular formula is C13H24N4O2S. The second-order valence-electron chi connectivity index (χ2n) is 5.60. The second-order valence-corrected chi connectivity index (χ2v) is 7.91. The Hall–Kier alpha value is -0.920. The van der Waals surface area contributed by atoms with Crippen molar-refractivity contribution in [3.63, 3.8) is 0 Å². The van der Waals surface area contributed by atoms with E-state index >= 15 is 0 Å². The molecule has 1 aliphatic heterocycles. The van der Waals surface area contributed by atoms with Gasteiger partial charge in [0.1, 0.15) is 0 Å². The van der Waals surface area contributed by atoms with Crippen molar-refractivity contribution in [3.8, 4) is 0 Å². The predicted octanol–water partition coefficient (Wildman–Crippen LogP) is 0.871. The summed E-state index contributed by atoms with van der Waals surface area (Å²) < 4.78 is 24.7. The van der Waals surface area contributed by atoms with Gasteiger partial charge < -0.3 is 4.90 Å². The van der Waals surface area contributed by atoms with Crippen molar-refractivity contribution >= 4 is 10.0 Å². The molecule has 0 aromatic carbocycles. The Kier molecular flexibility index (Phi) is 5.17. The number of likely N-dealkylation sites (tertiary alicyclic amines) is 1. The van der Waals surface area contributed by atoms with Gasteiger partial charge in [-0.3, -0.25) is 5.10 Å². The number of nitrogens with zero attached hydrogens (tertiary/aromatic N) is 3. The Balaban J connectivity index is 1.79. The maximum absolute atomic E-state index is 11.7. The quantitative estimate of drug-likeness (QED) is 0.846. The van der Waals surface area contributed by atoms with Crippen LogP contribution in [0.1, 0.15) is 30.9 Å². The van der Waals surface area contributed by atoms with Gasteiger partial charge in [0, 0.05) is 38.4 Å². The van der Waals surface area contributed by atoms with Crippen molar-refractivity contribution in [1.29, 1.82) is 0 Å². The van der Waals surface area contributed by atoms with Gasteiger partial charge in [-0.05, 0) is 38.4 Å². The van der Waals surface area contributed by atoms with E-state index in [1.54, 1.807) is 20.3 Å². The van der Waals surface area contributed by atoms with Crippen LogP contribution < -0.4 is 0 Å². The number of aromatic amines is 1. The molecule has 1 aliphatic rings. The first-order valence-electron chi connectivity index (χ1n) is 7.11. The summed E-state index contributed by atoms with van der Waals surface area (Å²) in [5.41, 5.74) is 1.19. The van der Waals surface area contributed by atoms with Gasteiger partial charge in [-0.25, -0.2) is 12.7 Å². The van der Waals surface area contributed by atoms with Gasteiger partial charge >= 0.3 is 0 Å². The monoisotopic (exact) mass is 300 g/mol. The summed E-state index contributed by atoms with van der Waals surface area (Å²) in [5.74, 6) is 0.724. The summed E-state index contributed by atoms with van der Waals surface area (Å²) >= 11 is 0. The van der Waals surface area contributed by atoms with Gasteiger partial charge in [-0.1, -0.05) is 0 Å². The fourth-order valence-electron chi connectivity index (χ4n) is 2.66. The van der Waals surface area contributed by atoms with Gasteiger partial charge in [-0.15, -0.1) is 0 Å². The minimum Gasteiger partial charge on any atom is -0.303 e. The Morgan fingerprint density at radius 2 is 2.30 bits per heavy atom. The molecule has 1 saturated heterocycles. The highest BCUT2D eigenvalue weighted by molar-refractivity contribution is 7.89. The topological polar surface area (TPSA) is 69.3 Å². The van der Waals surface area contributed by atoms with Crippen LogP contribution in [0.3, 0.4) is 0 Å². The third-order valence-corrected chi connectivity index (χ3v) is 5.82. The molecule has 1 N–H and O–H groups in total. The van der Waals surface area contributed by atoms with E-state index in [0.29, 0.717) is 12.3 Å². The van der Waals surface area contributed by atoms with Crippen LogP contribution in [0.4, 0.5) is 0 Å². The summed E-state index contributed by atoms with van der Waals surface area (Å²) in [5, 5.41) is 7.05. The first kappa shape index (κ1) is 15.5. The molecule has 1 aromatic heterocycles. The average molecular weight is 300 g/mol. The first-order valence-corrected chi connectivity index (χ1v) is 8.72. The van der Waals surface area contributed by atoms with Gasteiger partial charge in [0.15, 0.2) is 0 Å². The highest BCUT2D eigenvalue weighted by Crippen LogP contribution is 2.25. The molecule has 1 atom stereocenters. The molecule has 1 fully saturated rings. The zero-order chi connectivity index (χ0) is 14.6. The average Bonchev–Trinajstić information content (AvgIpc) is 2.92. The van der Waals surface area contributed by atoms with E-state index in [4.69, 9.17) is 0 Å². The molecular weight excluding hydrogens is 276 g/mol. The van der Waals surface area contributed by atoms with Crippen molar-refractivity contribution in [2.45, 2.75) is 25.2 Å². The molecule has 2 heterocycles. The molecule has 2 rings (SSSR count). The van der Waals surface area contributed by atoms with Gasteiger partial charge in [-0.2, -0.15) is 5.10 Å². The van der Waals surface area contributed by atoms with E-state index in [1.165, 1.54) is 16.4 Å². The van der Waals surface area contributed by atoms with E-state index in [1.807, 2.05) is 6.07 Å². The van der Waals surface area contributed by atoms with Gasteiger partial charge in [0.05, 0.1) is 5.75 Å². The summed E-state index contributed by atoms with van der Waals surface area (Å²) in [7, 11) is 0.110. The number of hydrogen-bond acceptors (Lipinski definition) is 4. The number of piperidine rings is 1. The Bertz CT molecular complexity index is 498. The van der Waals surface area contributed by atoms with Crippen LogP contribution in [0.2, 0.25) is 0 Å². The van der Waals surface area contributed by atoms with E-state index < -0.39 is 10.0 Å². The SMILES string of the molecule is CN(C)S(=O)(=O)CCCN1CCCC(c2ccn[nH]2)C1.